The molecule has 7 heteroatoms. The number of hydrogen-bond acceptors (Lipinski definition) is 5. The minimum atomic E-state index is -1.74. The van der Waals surface area contributed by atoms with Crippen LogP contribution in [0.5, 0.6) is 11.5 Å². The number of hydrogen-bond donors (Lipinski definition) is 0. The molecule has 0 heterocycles. The molecule has 0 spiro atoms. The molecule has 0 saturated heterocycles. The van der Waals surface area contributed by atoms with Gasteiger partial charge in [0.1, 0.15) is 11.5 Å². The SMILES string of the molecule is CC(C)[Si](OCCCCCCCCOc1ccc(C=O)c(OCCCCCCCCO[Si](C(C)C)(C(C)C)C(C)C)c1)(C(C)C)C(C)C. The molecule has 5 nitrogen and oxygen atoms in total. The molecule has 0 bridgehead atoms. The highest BCUT2D eigenvalue weighted by Gasteiger charge is 2.45. The molecule has 0 radical (unpaired) electrons. The minimum Gasteiger partial charge on any atom is -0.493 e. The maximum Gasteiger partial charge on any atom is 0.200 e. The fourth-order valence-electron chi connectivity index (χ4n) is 8.52. The number of ether oxygens (including phenoxy) is 2. The zero-order valence-corrected chi connectivity index (χ0v) is 35.6. The van der Waals surface area contributed by atoms with Gasteiger partial charge in [-0.05, 0) is 71.1 Å². The predicted octanol–water partition coefficient (Wildman–Crippen LogP) is 13.3. The van der Waals surface area contributed by atoms with Crippen molar-refractivity contribution < 1.29 is 23.1 Å². The Hall–Kier alpha value is -1.16. The zero-order valence-electron chi connectivity index (χ0n) is 33.6. The molecule has 280 valence electrons. The quantitative estimate of drug-likeness (QED) is 0.0471. The summed E-state index contributed by atoms with van der Waals surface area (Å²) in [4.78, 5) is 11.6. The topological polar surface area (TPSA) is 54.0 Å². The zero-order chi connectivity index (χ0) is 36.2. The van der Waals surface area contributed by atoms with Gasteiger partial charge in [-0.2, -0.15) is 0 Å². The molecule has 0 N–H and O–H groups in total. The van der Waals surface area contributed by atoms with Crippen molar-refractivity contribution in [1.29, 1.82) is 0 Å². The summed E-state index contributed by atoms with van der Waals surface area (Å²) in [6.07, 6.45) is 14.9. The summed E-state index contributed by atoms with van der Waals surface area (Å²) in [5.41, 5.74) is 4.48. The molecule has 0 aliphatic heterocycles. The molecule has 0 atom stereocenters. The van der Waals surface area contributed by atoms with Crippen LogP contribution in [0.3, 0.4) is 0 Å². The van der Waals surface area contributed by atoms with Gasteiger partial charge < -0.3 is 18.3 Å². The van der Waals surface area contributed by atoms with Crippen molar-refractivity contribution in [1.82, 2.24) is 0 Å². The maximum atomic E-state index is 11.6. The van der Waals surface area contributed by atoms with Crippen molar-refractivity contribution in [3.63, 3.8) is 0 Å². The first-order valence-electron chi connectivity index (χ1n) is 19.9. The van der Waals surface area contributed by atoms with Gasteiger partial charge in [-0.15, -0.1) is 0 Å². The van der Waals surface area contributed by atoms with Crippen molar-refractivity contribution in [2.45, 2.75) is 193 Å². The number of unbranched alkanes of at least 4 members (excludes halogenated alkanes) is 10. The highest BCUT2D eigenvalue weighted by molar-refractivity contribution is 6.78. The normalized spacial score (nSPS) is 12.8. The molecule has 0 unspecified atom stereocenters. The van der Waals surface area contributed by atoms with Crippen molar-refractivity contribution in [2.24, 2.45) is 0 Å². The van der Waals surface area contributed by atoms with Crippen LogP contribution in [-0.4, -0.2) is 49.3 Å². The molecule has 0 aliphatic rings. The second kappa shape index (κ2) is 24.1. The van der Waals surface area contributed by atoms with E-state index in [0.29, 0.717) is 57.8 Å². The summed E-state index contributed by atoms with van der Waals surface area (Å²) in [6.45, 7) is 31.4. The van der Waals surface area contributed by atoms with Crippen LogP contribution < -0.4 is 9.47 Å². The lowest BCUT2D eigenvalue weighted by atomic mass is 10.1. The fourth-order valence-corrected chi connectivity index (χ4v) is 19.5. The molecule has 0 amide bonds. The van der Waals surface area contributed by atoms with E-state index in [1.165, 1.54) is 44.9 Å². The Kier molecular flexibility index (Phi) is 22.5. The summed E-state index contributed by atoms with van der Waals surface area (Å²) < 4.78 is 25.5. The molecule has 1 rings (SSSR count). The third kappa shape index (κ3) is 14.2. The fraction of sp³-hybridized carbons (Fsp3) is 0.829. The standard InChI is InChI=1S/C41H78O5Si2/c1-33(2)47(34(3)4,35(5)6)45-29-23-19-15-13-17-21-27-43-40-26-25-39(32-42)41(31-40)44-28-22-18-14-16-20-24-30-46-48(36(7)8,37(9)10)38(11)12/h25-26,31-38H,13-24,27-30H2,1-12H3. The van der Waals surface area contributed by atoms with Crippen LogP contribution in [0.2, 0.25) is 33.2 Å². The summed E-state index contributed by atoms with van der Waals surface area (Å²) in [6, 6.07) is 5.57. The maximum absolute atomic E-state index is 11.6. The Morgan fingerprint density at radius 1 is 0.479 bits per heavy atom. The van der Waals surface area contributed by atoms with E-state index in [1.807, 2.05) is 18.2 Å². The lowest BCUT2D eigenvalue weighted by molar-refractivity contribution is 0.111. The van der Waals surface area contributed by atoms with Crippen LogP contribution in [-0.2, 0) is 8.85 Å². The average molecular weight is 707 g/mol. The summed E-state index contributed by atoms with van der Waals surface area (Å²) in [5.74, 6) is 1.41. The Morgan fingerprint density at radius 3 is 1.17 bits per heavy atom. The van der Waals surface area contributed by atoms with Crippen LogP contribution in [0, 0.1) is 0 Å². The van der Waals surface area contributed by atoms with Gasteiger partial charge in [0.15, 0.2) is 22.9 Å². The smallest absolute Gasteiger partial charge is 0.200 e. The highest BCUT2D eigenvalue weighted by Crippen LogP contribution is 2.43. The second-order valence-corrected chi connectivity index (χ2v) is 27.0. The molecule has 48 heavy (non-hydrogen) atoms. The van der Waals surface area contributed by atoms with Crippen molar-refractivity contribution >= 4 is 22.9 Å². The average Bonchev–Trinajstić information content (AvgIpc) is 3.01. The van der Waals surface area contributed by atoms with E-state index >= 15 is 0 Å². The van der Waals surface area contributed by atoms with Crippen molar-refractivity contribution in [2.75, 3.05) is 26.4 Å². The largest absolute Gasteiger partial charge is 0.493 e. The Bertz CT molecular complexity index is 932. The number of aldehydes is 1. The first-order valence-corrected chi connectivity index (χ1v) is 24.2. The van der Waals surface area contributed by atoms with Gasteiger partial charge in [-0.3, -0.25) is 4.79 Å². The van der Waals surface area contributed by atoms with E-state index in [0.717, 1.165) is 57.4 Å². The Morgan fingerprint density at radius 2 is 0.812 bits per heavy atom. The highest BCUT2D eigenvalue weighted by atomic mass is 28.4. The van der Waals surface area contributed by atoms with E-state index in [4.69, 9.17) is 18.3 Å². The van der Waals surface area contributed by atoms with Gasteiger partial charge in [0, 0.05) is 19.3 Å². The number of benzene rings is 1. The van der Waals surface area contributed by atoms with Crippen LogP contribution in [0.4, 0.5) is 0 Å². The number of carbonyl (C=O) groups excluding carboxylic acids is 1. The molecule has 0 fully saturated rings. The molecule has 0 aromatic heterocycles. The van der Waals surface area contributed by atoms with Gasteiger partial charge in [-0.25, -0.2) is 0 Å². The third-order valence-corrected chi connectivity index (χ3v) is 23.1. The van der Waals surface area contributed by atoms with Crippen molar-refractivity contribution in [3.8, 4) is 11.5 Å². The van der Waals surface area contributed by atoms with Gasteiger partial charge in [0.25, 0.3) is 0 Å². The van der Waals surface area contributed by atoms with Crippen LogP contribution in [0.15, 0.2) is 18.2 Å². The lowest BCUT2D eigenvalue weighted by Gasteiger charge is -2.42. The first kappa shape index (κ1) is 44.9. The lowest BCUT2D eigenvalue weighted by Crippen LogP contribution is -2.47. The predicted molar refractivity (Wildman–Crippen MR) is 212 cm³/mol. The monoisotopic (exact) mass is 707 g/mol. The van der Waals surface area contributed by atoms with Gasteiger partial charge in [0.05, 0.1) is 18.8 Å². The van der Waals surface area contributed by atoms with Crippen LogP contribution in [0.25, 0.3) is 0 Å². The van der Waals surface area contributed by atoms with Gasteiger partial charge in [0.2, 0.25) is 0 Å². The molecular weight excluding hydrogens is 629 g/mol. The van der Waals surface area contributed by atoms with E-state index in [9.17, 15) is 4.79 Å². The van der Waals surface area contributed by atoms with E-state index < -0.39 is 16.6 Å². The van der Waals surface area contributed by atoms with E-state index in [-0.39, 0.29) is 0 Å². The van der Waals surface area contributed by atoms with Gasteiger partial charge in [-0.1, -0.05) is 134 Å². The molecule has 0 saturated carbocycles. The van der Waals surface area contributed by atoms with Crippen LogP contribution in [0.1, 0.15) is 170 Å². The van der Waals surface area contributed by atoms with E-state index in [2.05, 4.69) is 83.1 Å². The summed E-state index contributed by atoms with van der Waals surface area (Å²) in [5, 5.41) is 0. The number of carbonyl (C=O) groups is 1. The van der Waals surface area contributed by atoms with Gasteiger partial charge >= 0.3 is 0 Å². The summed E-state index contributed by atoms with van der Waals surface area (Å²) in [7, 11) is -3.48. The molecule has 1 aromatic carbocycles. The number of rotatable bonds is 29. The Labute approximate surface area is 300 Å². The van der Waals surface area contributed by atoms with Crippen molar-refractivity contribution in [3.05, 3.63) is 23.8 Å². The minimum absolute atomic E-state index is 0.588. The second-order valence-electron chi connectivity index (χ2n) is 16.1. The summed E-state index contributed by atoms with van der Waals surface area (Å²) >= 11 is 0. The Balaban J connectivity index is 2.25. The van der Waals surface area contributed by atoms with E-state index in [1.54, 1.807) is 0 Å². The molecular formula is C41H78O5Si2. The molecule has 1 aromatic rings. The first-order chi connectivity index (χ1) is 22.8. The molecule has 0 aliphatic carbocycles. The van der Waals surface area contributed by atoms with Crippen LogP contribution >= 0.6 is 0 Å². The third-order valence-electron chi connectivity index (χ3n) is 10.8.